The third kappa shape index (κ3) is 2.67. The van der Waals surface area contributed by atoms with Crippen molar-refractivity contribution in [1.29, 1.82) is 0 Å². The molecule has 0 spiro atoms. The highest BCUT2D eigenvalue weighted by atomic mass is 35.5. The van der Waals surface area contributed by atoms with Crippen molar-refractivity contribution in [1.82, 2.24) is 9.97 Å². The zero-order chi connectivity index (χ0) is 13.1. The number of aromatic nitrogens is 2. The van der Waals surface area contributed by atoms with E-state index in [2.05, 4.69) is 9.97 Å². The fourth-order valence-electron chi connectivity index (χ4n) is 1.26. The van der Waals surface area contributed by atoms with E-state index in [1.165, 1.54) is 30.7 Å². The zero-order valence-corrected chi connectivity index (χ0v) is 9.76. The lowest BCUT2D eigenvalue weighted by molar-refractivity contribution is 0.0697. The monoisotopic (exact) mass is 265 g/mol. The third-order valence-electron chi connectivity index (χ3n) is 2.04. The number of pyridine rings is 2. The van der Waals surface area contributed by atoms with Gasteiger partial charge in [0, 0.05) is 18.3 Å². The summed E-state index contributed by atoms with van der Waals surface area (Å²) in [6, 6.07) is 2.77. The molecule has 0 atom stereocenters. The van der Waals surface area contributed by atoms with Crippen molar-refractivity contribution in [3.05, 3.63) is 41.3 Å². The Morgan fingerprint density at radius 1 is 1.33 bits per heavy atom. The van der Waals surface area contributed by atoms with Gasteiger partial charge in [-0.15, -0.1) is 0 Å². The summed E-state index contributed by atoms with van der Waals surface area (Å²) >= 11 is 5.74. The standard InChI is InChI=1S/C11H8ClN3O3/c12-6-1-7(4-14-3-6)18-10-2-8(11(16)17)9(13)5-15-10/h1-5H,13H2,(H,16,17). The second-order valence-electron chi connectivity index (χ2n) is 3.36. The van der Waals surface area contributed by atoms with E-state index in [-0.39, 0.29) is 17.1 Å². The lowest BCUT2D eigenvalue weighted by atomic mass is 10.2. The Kier molecular flexibility index (Phi) is 3.29. The van der Waals surface area contributed by atoms with E-state index in [0.717, 1.165) is 0 Å². The van der Waals surface area contributed by atoms with Crippen molar-refractivity contribution in [2.45, 2.75) is 0 Å². The van der Waals surface area contributed by atoms with E-state index >= 15 is 0 Å². The number of anilines is 1. The summed E-state index contributed by atoms with van der Waals surface area (Å²) in [5, 5.41) is 9.31. The van der Waals surface area contributed by atoms with E-state index in [0.29, 0.717) is 10.8 Å². The highest BCUT2D eigenvalue weighted by molar-refractivity contribution is 6.30. The van der Waals surface area contributed by atoms with Gasteiger partial charge >= 0.3 is 5.97 Å². The Labute approximate surface area is 107 Å². The first-order valence-electron chi connectivity index (χ1n) is 4.83. The van der Waals surface area contributed by atoms with Gasteiger partial charge in [0.2, 0.25) is 5.88 Å². The summed E-state index contributed by atoms with van der Waals surface area (Å²) in [5.41, 5.74) is 5.47. The van der Waals surface area contributed by atoms with Crippen molar-refractivity contribution in [2.24, 2.45) is 0 Å². The number of halogens is 1. The smallest absolute Gasteiger partial charge is 0.338 e. The first-order chi connectivity index (χ1) is 8.56. The number of hydrogen-bond donors (Lipinski definition) is 2. The number of nitrogens with zero attached hydrogens (tertiary/aromatic N) is 2. The Bertz CT molecular complexity index is 604. The van der Waals surface area contributed by atoms with Gasteiger partial charge in [0.15, 0.2) is 0 Å². The van der Waals surface area contributed by atoms with Crippen LogP contribution in [0.3, 0.4) is 0 Å². The molecule has 2 heterocycles. The maximum absolute atomic E-state index is 10.9. The molecule has 2 rings (SSSR count). The number of hydrogen-bond acceptors (Lipinski definition) is 5. The number of nitrogen functional groups attached to an aromatic ring is 1. The molecule has 2 aromatic heterocycles. The molecule has 0 amide bonds. The highest BCUT2D eigenvalue weighted by Crippen LogP contribution is 2.23. The van der Waals surface area contributed by atoms with Gasteiger partial charge in [-0.2, -0.15) is 0 Å². The summed E-state index contributed by atoms with van der Waals surface area (Å²) < 4.78 is 5.33. The molecule has 0 aromatic carbocycles. The number of aromatic carboxylic acids is 1. The number of carboxylic acids is 1. The highest BCUT2D eigenvalue weighted by Gasteiger charge is 2.11. The van der Waals surface area contributed by atoms with Crippen LogP contribution in [0.25, 0.3) is 0 Å². The molecule has 6 nitrogen and oxygen atoms in total. The Morgan fingerprint density at radius 3 is 2.78 bits per heavy atom. The van der Waals surface area contributed by atoms with Crippen LogP contribution in [0.4, 0.5) is 5.69 Å². The third-order valence-corrected chi connectivity index (χ3v) is 2.25. The zero-order valence-electron chi connectivity index (χ0n) is 9.00. The quantitative estimate of drug-likeness (QED) is 0.883. The van der Waals surface area contributed by atoms with Crippen molar-refractivity contribution in [3.63, 3.8) is 0 Å². The lowest BCUT2D eigenvalue weighted by Gasteiger charge is -2.06. The lowest BCUT2D eigenvalue weighted by Crippen LogP contribution is -2.03. The van der Waals surface area contributed by atoms with Crippen LogP contribution in [-0.2, 0) is 0 Å². The van der Waals surface area contributed by atoms with Crippen LogP contribution in [0.5, 0.6) is 11.6 Å². The predicted molar refractivity (Wildman–Crippen MR) is 64.9 cm³/mol. The molecule has 0 fully saturated rings. The molecule has 7 heteroatoms. The first kappa shape index (κ1) is 12.1. The normalized spacial score (nSPS) is 10.1. The molecule has 0 aliphatic heterocycles. The van der Waals surface area contributed by atoms with Crippen LogP contribution in [0.1, 0.15) is 10.4 Å². The van der Waals surface area contributed by atoms with Crippen molar-refractivity contribution in [3.8, 4) is 11.6 Å². The molecule has 3 N–H and O–H groups in total. The van der Waals surface area contributed by atoms with Crippen LogP contribution in [0.15, 0.2) is 30.7 Å². The molecular formula is C11H8ClN3O3. The van der Waals surface area contributed by atoms with Gasteiger partial charge in [0.1, 0.15) is 5.75 Å². The molecule has 0 saturated carbocycles. The largest absolute Gasteiger partial charge is 0.478 e. The Hall–Kier alpha value is -2.34. The molecule has 0 bridgehead atoms. The predicted octanol–water partition coefficient (Wildman–Crippen LogP) is 2.20. The summed E-state index contributed by atoms with van der Waals surface area (Å²) in [5.74, 6) is -0.689. The number of ether oxygens (including phenoxy) is 1. The van der Waals surface area contributed by atoms with E-state index in [1.54, 1.807) is 0 Å². The van der Waals surface area contributed by atoms with Crippen molar-refractivity contribution >= 4 is 23.3 Å². The Morgan fingerprint density at radius 2 is 2.11 bits per heavy atom. The Balaban J connectivity index is 2.30. The van der Waals surface area contributed by atoms with E-state index in [9.17, 15) is 4.79 Å². The molecular weight excluding hydrogens is 258 g/mol. The van der Waals surface area contributed by atoms with E-state index < -0.39 is 5.97 Å². The maximum Gasteiger partial charge on any atom is 0.338 e. The number of carbonyl (C=O) groups is 1. The average molecular weight is 266 g/mol. The van der Waals surface area contributed by atoms with E-state index in [4.69, 9.17) is 27.2 Å². The van der Waals surface area contributed by atoms with Gasteiger partial charge in [-0.25, -0.2) is 9.78 Å². The summed E-state index contributed by atoms with van der Waals surface area (Å²) in [7, 11) is 0. The van der Waals surface area contributed by atoms with Crippen molar-refractivity contribution in [2.75, 3.05) is 5.73 Å². The second-order valence-corrected chi connectivity index (χ2v) is 3.79. The maximum atomic E-state index is 10.9. The molecule has 92 valence electrons. The van der Waals surface area contributed by atoms with Crippen LogP contribution >= 0.6 is 11.6 Å². The number of carboxylic acid groups (broad SMARTS) is 1. The van der Waals surface area contributed by atoms with Gasteiger partial charge in [-0.05, 0) is 0 Å². The van der Waals surface area contributed by atoms with Crippen LogP contribution in [0.2, 0.25) is 5.02 Å². The topological polar surface area (TPSA) is 98.3 Å². The van der Waals surface area contributed by atoms with Gasteiger partial charge in [0.05, 0.1) is 28.7 Å². The molecule has 2 aromatic rings. The molecule has 18 heavy (non-hydrogen) atoms. The van der Waals surface area contributed by atoms with Gasteiger partial charge < -0.3 is 15.6 Å². The SMILES string of the molecule is Nc1cnc(Oc2cncc(Cl)c2)cc1C(=O)O. The number of rotatable bonds is 3. The van der Waals surface area contributed by atoms with Crippen molar-refractivity contribution < 1.29 is 14.6 Å². The molecule has 0 saturated heterocycles. The second kappa shape index (κ2) is 4.89. The minimum atomic E-state index is -1.15. The minimum Gasteiger partial charge on any atom is -0.478 e. The molecule has 0 aliphatic carbocycles. The first-order valence-corrected chi connectivity index (χ1v) is 5.21. The molecule has 0 unspecified atom stereocenters. The van der Waals surface area contributed by atoms with Crippen LogP contribution in [0, 0.1) is 0 Å². The van der Waals surface area contributed by atoms with E-state index in [1.807, 2.05) is 0 Å². The summed E-state index contributed by atoms with van der Waals surface area (Å²) in [6.07, 6.45) is 4.11. The average Bonchev–Trinajstić information content (AvgIpc) is 2.31. The van der Waals surface area contributed by atoms with Gasteiger partial charge in [-0.1, -0.05) is 11.6 Å². The van der Waals surface area contributed by atoms with Gasteiger partial charge in [-0.3, -0.25) is 4.98 Å². The van der Waals surface area contributed by atoms with Crippen LogP contribution in [-0.4, -0.2) is 21.0 Å². The van der Waals surface area contributed by atoms with Gasteiger partial charge in [0.25, 0.3) is 0 Å². The fourth-order valence-corrected chi connectivity index (χ4v) is 1.42. The summed E-state index contributed by atoms with van der Waals surface area (Å²) in [4.78, 5) is 18.6. The molecule has 0 radical (unpaired) electrons. The van der Waals surface area contributed by atoms with Crippen LogP contribution < -0.4 is 10.5 Å². The fraction of sp³-hybridized carbons (Fsp3) is 0. The summed E-state index contributed by atoms with van der Waals surface area (Å²) in [6.45, 7) is 0. The molecule has 0 aliphatic rings. The number of nitrogens with two attached hydrogens (primary N) is 1. The minimum absolute atomic E-state index is 0.0686.